The Morgan fingerprint density at radius 2 is 1.59 bits per heavy atom. The van der Waals surface area contributed by atoms with Crippen LogP contribution in [0, 0.1) is 18.8 Å². The van der Waals surface area contributed by atoms with Crippen molar-refractivity contribution in [3.8, 4) is 0 Å². The summed E-state index contributed by atoms with van der Waals surface area (Å²) in [5.41, 5.74) is 1.17. The molecule has 9 nitrogen and oxygen atoms in total. The zero-order chi connectivity index (χ0) is 27.3. The fraction of sp³-hybridized carbons (Fsp3) is 0.643. The highest BCUT2D eigenvalue weighted by Gasteiger charge is 2.40. The number of nitrogens with zero attached hydrogens (tertiary/aromatic N) is 2. The number of nitrogens with one attached hydrogen (secondary N) is 2. The van der Waals surface area contributed by atoms with Gasteiger partial charge in [0.05, 0.1) is 0 Å². The number of likely N-dealkylation sites (tertiary alicyclic amines) is 2. The molecule has 2 saturated heterocycles. The number of hydrogen-bond donors (Lipinski definition) is 2. The Hall–Kier alpha value is -3.10. The van der Waals surface area contributed by atoms with Gasteiger partial charge >= 0.3 is 6.09 Å². The van der Waals surface area contributed by atoms with Gasteiger partial charge in [0.15, 0.2) is 0 Å². The summed E-state index contributed by atoms with van der Waals surface area (Å²) < 4.78 is 5.49. The highest BCUT2D eigenvalue weighted by Crippen LogP contribution is 2.25. The highest BCUT2D eigenvalue weighted by atomic mass is 16.6. The summed E-state index contributed by atoms with van der Waals surface area (Å²) in [4.78, 5) is 55.1. The van der Waals surface area contributed by atoms with Crippen LogP contribution in [0.2, 0.25) is 0 Å². The Labute approximate surface area is 220 Å². The van der Waals surface area contributed by atoms with Crippen molar-refractivity contribution in [1.29, 1.82) is 0 Å². The first kappa shape index (κ1) is 28.5. The molecular weight excluding hydrogens is 472 g/mol. The van der Waals surface area contributed by atoms with Gasteiger partial charge in [-0.15, -0.1) is 0 Å². The van der Waals surface area contributed by atoms with E-state index in [1.165, 1.54) is 4.90 Å². The first-order chi connectivity index (χ1) is 17.4. The van der Waals surface area contributed by atoms with Crippen molar-refractivity contribution >= 4 is 29.5 Å². The lowest BCUT2D eigenvalue weighted by atomic mass is 9.94. The number of aryl methyl sites for hydroxylation is 1. The molecule has 0 aromatic heterocycles. The van der Waals surface area contributed by atoms with Gasteiger partial charge in [0.2, 0.25) is 17.7 Å². The van der Waals surface area contributed by atoms with E-state index in [-0.39, 0.29) is 29.6 Å². The van der Waals surface area contributed by atoms with Crippen LogP contribution in [-0.2, 0) is 19.1 Å². The van der Waals surface area contributed by atoms with Crippen LogP contribution in [0.25, 0.3) is 0 Å². The van der Waals surface area contributed by atoms with E-state index in [9.17, 15) is 19.2 Å². The molecular formula is C28H42N4O5. The summed E-state index contributed by atoms with van der Waals surface area (Å²) in [5, 5.41) is 5.83. The summed E-state index contributed by atoms with van der Waals surface area (Å²) in [7, 11) is 0. The quantitative estimate of drug-likeness (QED) is 0.602. The molecule has 0 bridgehead atoms. The number of carbonyl (C=O) groups is 4. The number of benzene rings is 1. The number of ether oxygens (including phenoxy) is 1. The van der Waals surface area contributed by atoms with Gasteiger partial charge in [0.1, 0.15) is 17.7 Å². The molecule has 1 aromatic rings. The fourth-order valence-corrected chi connectivity index (χ4v) is 4.80. The third kappa shape index (κ3) is 7.69. The van der Waals surface area contributed by atoms with Gasteiger partial charge in [-0.25, -0.2) is 4.79 Å². The highest BCUT2D eigenvalue weighted by molar-refractivity contribution is 5.97. The Morgan fingerprint density at radius 1 is 0.973 bits per heavy atom. The first-order valence-corrected chi connectivity index (χ1v) is 13.3. The molecule has 0 spiro atoms. The minimum atomic E-state index is -0.658. The van der Waals surface area contributed by atoms with Crippen molar-refractivity contribution in [2.24, 2.45) is 11.8 Å². The Kier molecular flexibility index (Phi) is 9.21. The summed E-state index contributed by atoms with van der Waals surface area (Å²) >= 11 is 0. The topological polar surface area (TPSA) is 108 Å². The number of carbonyl (C=O) groups excluding carboxylic acids is 4. The van der Waals surface area contributed by atoms with Crippen LogP contribution in [0.15, 0.2) is 24.3 Å². The van der Waals surface area contributed by atoms with Crippen molar-refractivity contribution in [3.05, 3.63) is 29.8 Å². The van der Waals surface area contributed by atoms with Gasteiger partial charge in [-0.05, 0) is 71.4 Å². The molecule has 1 aromatic carbocycles. The number of amides is 4. The van der Waals surface area contributed by atoms with Crippen LogP contribution in [-0.4, -0.2) is 70.9 Å². The van der Waals surface area contributed by atoms with Gasteiger partial charge < -0.3 is 20.3 Å². The van der Waals surface area contributed by atoms with E-state index in [1.807, 2.05) is 65.8 Å². The van der Waals surface area contributed by atoms with Crippen LogP contribution in [0.4, 0.5) is 10.5 Å². The standard InChI is InChI=1S/C28H42N4O5/c1-18(2)23(25(34)29-21-11-9-19(3)10-12-21)30-24(33)20-13-16-31(17-14-20)26(35)22-8-7-15-32(22)27(36)37-28(4,5)6/h9-12,18,20,22-23H,7-8,13-17H2,1-6H3,(H,29,34)(H,30,33)/t22-,23-/m0/s1. The Balaban J connectivity index is 1.53. The van der Waals surface area contributed by atoms with Gasteiger partial charge in [0, 0.05) is 31.2 Å². The van der Waals surface area contributed by atoms with E-state index < -0.39 is 23.8 Å². The molecule has 2 heterocycles. The minimum absolute atomic E-state index is 0.0836. The van der Waals surface area contributed by atoms with Crippen LogP contribution in [0.5, 0.6) is 0 Å². The summed E-state index contributed by atoms with van der Waals surface area (Å²) in [6.07, 6.45) is 1.95. The third-order valence-corrected chi connectivity index (χ3v) is 6.91. The maximum absolute atomic E-state index is 13.2. The number of anilines is 1. The second-order valence-electron chi connectivity index (χ2n) is 11.5. The van der Waals surface area contributed by atoms with E-state index in [0.29, 0.717) is 44.6 Å². The average Bonchev–Trinajstić information content (AvgIpc) is 3.32. The molecule has 204 valence electrons. The predicted octanol–water partition coefficient (Wildman–Crippen LogP) is 3.71. The Bertz CT molecular complexity index is 977. The summed E-state index contributed by atoms with van der Waals surface area (Å²) in [5.74, 6) is -0.857. The lowest BCUT2D eigenvalue weighted by Gasteiger charge is -2.36. The molecule has 2 atom stereocenters. The second-order valence-corrected chi connectivity index (χ2v) is 11.5. The van der Waals surface area contributed by atoms with Crippen molar-refractivity contribution < 1.29 is 23.9 Å². The molecule has 2 aliphatic rings. The second kappa shape index (κ2) is 12.0. The van der Waals surface area contributed by atoms with Crippen LogP contribution in [0.1, 0.15) is 65.9 Å². The zero-order valence-electron chi connectivity index (χ0n) is 23.0. The maximum atomic E-state index is 13.2. The normalized spacial score (nSPS) is 19.5. The van der Waals surface area contributed by atoms with Crippen molar-refractivity contribution in [2.45, 2.75) is 84.9 Å². The lowest BCUT2D eigenvalue weighted by Crippen LogP contribution is -2.53. The largest absolute Gasteiger partial charge is 0.444 e. The molecule has 2 aliphatic heterocycles. The number of rotatable bonds is 6. The van der Waals surface area contributed by atoms with E-state index >= 15 is 0 Å². The van der Waals surface area contributed by atoms with Crippen molar-refractivity contribution in [1.82, 2.24) is 15.1 Å². The molecule has 37 heavy (non-hydrogen) atoms. The summed E-state index contributed by atoms with van der Waals surface area (Å²) in [6, 6.07) is 6.35. The molecule has 2 N–H and O–H groups in total. The van der Waals surface area contributed by atoms with Gasteiger partial charge in [-0.1, -0.05) is 31.5 Å². The molecule has 9 heteroatoms. The third-order valence-electron chi connectivity index (χ3n) is 6.91. The molecule has 0 unspecified atom stereocenters. The van der Waals surface area contributed by atoms with Crippen molar-refractivity contribution in [3.63, 3.8) is 0 Å². The molecule has 2 fully saturated rings. The molecule has 4 amide bonds. The van der Waals surface area contributed by atoms with Crippen LogP contribution in [0.3, 0.4) is 0 Å². The summed E-state index contributed by atoms with van der Waals surface area (Å²) in [6.45, 7) is 12.6. The first-order valence-electron chi connectivity index (χ1n) is 13.3. The molecule has 0 aliphatic carbocycles. The van der Waals surface area contributed by atoms with Crippen molar-refractivity contribution in [2.75, 3.05) is 25.0 Å². The van der Waals surface area contributed by atoms with Gasteiger partial charge in [-0.2, -0.15) is 0 Å². The lowest BCUT2D eigenvalue weighted by molar-refractivity contribution is -0.139. The minimum Gasteiger partial charge on any atom is -0.444 e. The number of hydrogen-bond acceptors (Lipinski definition) is 5. The SMILES string of the molecule is Cc1ccc(NC(=O)[C@@H](NC(=O)C2CCN(C(=O)[C@@H]3CCCN3C(=O)OC(C)(C)C)CC2)C(C)C)cc1. The number of piperidine rings is 1. The molecule has 0 radical (unpaired) electrons. The van der Waals surface area contributed by atoms with E-state index in [4.69, 9.17) is 4.74 Å². The molecule has 3 rings (SSSR count). The van der Waals surface area contributed by atoms with Gasteiger partial charge in [0.25, 0.3) is 0 Å². The predicted molar refractivity (Wildman–Crippen MR) is 142 cm³/mol. The monoisotopic (exact) mass is 514 g/mol. The van der Waals surface area contributed by atoms with Gasteiger partial charge in [-0.3, -0.25) is 19.3 Å². The fourth-order valence-electron chi connectivity index (χ4n) is 4.80. The molecule has 0 saturated carbocycles. The average molecular weight is 515 g/mol. The van der Waals surface area contributed by atoms with Crippen LogP contribution >= 0.6 is 0 Å². The van der Waals surface area contributed by atoms with E-state index in [2.05, 4.69) is 10.6 Å². The van der Waals surface area contributed by atoms with Crippen LogP contribution < -0.4 is 10.6 Å². The van der Waals surface area contributed by atoms with E-state index in [0.717, 1.165) is 12.0 Å². The van der Waals surface area contributed by atoms with E-state index in [1.54, 1.807) is 4.90 Å². The maximum Gasteiger partial charge on any atom is 0.410 e. The zero-order valence-corrected chi connectivity index (χ0v) is 23.0. The Morgan fingerprint density at radius 3 is 2.16 bits per heavy atom. The smallest absolute Gasteiger partial charge is 0.410 e.